The van der Waals surface area contributed by atoms with E-state index in [1.54, 1.807) is 6.92 Å². The number of carbonyl (C=O) groups excluding carboxylic acids is 3. The van der Waals surface area contributed by atoms with Crippen LogP contribution in [0.3, 0.4) is 0 Å². The van der Waals surface area contributed by atoms with Gasteiger partial charge in [0.05, 0.1) is 45.7 Å². The molecule has 0 radical (unpaired) electrons. The maximum absolute atomic E-state index is 12.0. The molecule has 0 rings (SSSR count). The molecule has 0 fully saturated rings. The first kappa shape index (κ1) is 50.1. The van der Waals surface area contributed by atoms with Crippen LogP contribution in [0.4, 0.5) is 0 Å². The molecule has 53 heavy (non-hydrogen) atoms. The second kappa shape index (κ2) is 37.5. The van der Waals surface area contributed by atoms with Gasteiger partial charge < -0.3 is 50.2 Å². The van der Waals surface area contributed by atoms with Gasteiger partial charge in [-0.15, -0.1) is 0 Å². The van der Waals surface area contributed by atoms with Gasteiger partial charge in [0.25, 0.3) is 0 Å². The Kier molecular flexibility index (Phi) is 35.5. The van der Waals surface area contributed by atoms with Gasteiger partial charge in [0.1, 0.15) is 19.3 Å². The summed E-state index contributed by atoms with van der Waals surface area (Å²) in [6.45, 7) is 3.28. The first-order valence-electron chi connectivity index (χ1n) is 19.9. The summed E-state index contributed by atoms with van der Waals surface area (Å²) >= 11 is 0. The molecule has 3 amide bonds. The number of carboxylic acids is 2. The van der Waals surface area contributed by atoms with E-state index in [-0.39, 0.29) is 70.8 Å². The molecule has 0 aromatic carbocycles. The summed E-state index contributed by atoms with van der Waals surface area (Å²) in [5, 5.41) is 34.9. The number of amides is 3. The Morgan fingerprint density at radius 1 is 0.491 bits per heavy atom. The third kappa shape index (κ3) is 38.7. The quantitative estimate of drug-likeness (QED) is 0.0486. The lowest BCUT2D eigenvalue weighted by Gasteiger charge is -2.15. The lowest BCUT2D eigenvalue weighted by Crippen LogP contribution is -2.43. The van der Waals surface area contributed by atoms with Crippen LogP contribution in [-0.2, 0) is 42.9 Å². The molecule has 0 aliphatic rings. The van der Waals surface area contributed by atoms with Crippen molar-refractivity contribution in [2.24, 2.45) is 0 Å². The Balaban J connectivity index is 3.40. The molecule has 0 aliphatic carbocycles. The van der Waals surface area contributed by atoms with Crippen molar-refractivity contribution in [2.75, 3.05) is 65.9 Å². The lowest BCUT2D eigenvalue weighted by atomic mass is 10.0. The zero-order valence-electron chi connectivity index (χ0n) is 32.4. The van der Waals surface area contributed by atoms with Crippen LogP contribution in [0.25, 0.3) is 0 Å². The topological polar surface area (TPSA) is 219 Å². The van der Waals surface area contributed by atoms with Crippen molar-refractivity contribution in [1.82, 2.24) is 16.0 Å². The van der Waals surface area contributed by atoms with E-state index in [4.69, 9.17) is 29.2 Å². The molecular formula is C38H71N3O12. The number of aliphatic hydroxyl groups excluding tert-OH is 1. The van der Waals surface area contributed by atoms with Crippen molar-refractivity contribution >= 4 is 29.7 Å². The van der Waals surface area contributed by atoms with Gasteiger partial charge in [0.15, 0.2) is 0 Å². The summed E-state index contributed by atoms with van der Waals surface area (Å²) in [7, 11) is 0. The molecule has 1 unspecified atom stereocenters. The van der Waals surface area contributed by atoms with E-state index in [9.17, 15) is 29.1 Å². The Morgan fingerprint density at radius 2 is 0.887 bits per heavy atom. The van der Waals surface area contributed by atoms with Gasteiger partial charge in [0.2, 0.25) is 17.7 Å². The van der Waals surface area contributed by atoms with Gasteiger partial charge in [-0.1, -0.05) is 89.9 Å². The first-order chi connectivity index (χ1) is 25.6. The normalized spacial score (nSPS) is 12.3. The third-order valence-corrected chi connectivity index (χ3v) is 8.40. The van der Waals surface area contributed by atoms with Crippen LogP contribution in [-0.4, -0.2) is 123 Å². The lowest BCUT2D eigenvalue weighted by molar-refractivity contribution is -0.143. The van der Waals surface area contributed by atoms with Crippen LogP contribution in [0.1, 0.15) is 135 Å². The highest BCUT2D eigenvalue weighted by Crippen LogP contribution is 2.14. The minimum Gasteiger partial charge on any atom is -0.481 e. The molecule has 0 heterocycles. The van der Waals surface area contributed by atoms with Gasteiger partial charge in [-0.2, -0.15) is 0 Å². The first-order valence-corrected chi connectivity index (χ1v) is 19.9. The highest BCUT2D eigenvalue weighted by atomic mass is 16.5. The van der Waals surface area contributed by atoms with Crippen LogP contribution in [0, 0.1) is 0 Å². The van der Waals surface area contributed by atoms with E-state index in [1.165, 1.54) is 70.6 Å². The third-order valence-electron chi connectivity index (χ3n) is 8.40. The van der Waals surface area contributed by atoms with Crippen molar-refractivity contribution in [3.05, 3.63) is 0 Å². The fraction of sp³-hybridized carbons (Fsp3) is 0.868. The molecule has 0 saturated carbocycles. The van der Waals surface area contributed by atoms with Crippen molar-refractivity contribution in [1.29, 1.82) is 0 Å². The van der Waals surface area contributed by atoms with Crippen molar-refractivity contribution in [2.45, 2.75) is 147 Å². The predicted molar refractivity (Wildman–Crippen MR) is 201 cm³/mol. The molecule has 0 aliphatic heterocycles. The molecule has 0 saturated heterocycles. The minimum absolute atomic E-state index is 0.0373. The molecule has 2 atom stereocenters. The molecule has 6 N–H and O–H groups in total. The van der Waals surface area contributed by atoms with Crippen LogP contribution in [0.15, 0.2) is 0 Å². The van der Waals surface area contributed by atoms with E-state index in [0.29, 0.717) is 32.6 Å². The number of carbonyl (C=O) groups is 5. The van der Waals surface area contributed by atoms with Crippen LogP contribution < -0.4 is 16.0 Å². The van der Waals surface area contributed by atoms with Gasteiger partial charge in [-0.3, -0.25) is 19.2 Å². The zero-order chi connectivity index (χ0) is 39.2. The maximum Gasteiger partial charge on any atom is 0.326 e. The number of hydrogen-bond acceptors (Lipinski definition) is 10. The van der Waals surface area contributed by atoms with Crippen LogP contribution in [0.2, 0.25) is 0 Å². The van der Waals surface area contributed by atoms with E-state index in [2.05, 4.69) is 16.0 Å². The molecular weight excluding hydrogens is 690 g/mol. The molecule has 310 valence electrons. The number of hydrogen-bond donors (Lipinski definition) is 6. The fourth-order valence-corrected chi connectivity index (χ4v) is 5.37. The summed E-state index contributed by atoms with van der Waals surface area (Å²) in [6.07, 6.45) is 19.5. The van der Waals surface area contributed by atoms with E-state index >= 15 is 0 Å². The smallest absolute Gasteiger partial charge is 0.326 e. The highest BCUT2D eigenvalue weighted by Gasteiger charge is 2.20. The summed E-state index contributed by atoms with van der Waals surface area (Å²) < 4.78 is 21.2. The molecule has 0 bridgehead atoms. The van der Waals surface area contributed by atoms with Gasteiger partial charge >= 0.3 is 11.9 Å². The molecule has 0 spiro atoms. The molecule has 0 aromatic heterocycles. The van der Waals surface area contributed by atoms with Crippen LogP contribution >= 0.6 is 0 Å². The largest absolute Gasteiger partial charge is 0.481 e. The Hall–Kier alpha value is -2.85. The summed E-state index contributed by atoms with van der Waals surface area (Å²) in [4.78, 5) is 57.4. The SMILES string of the molecule is CC(O)CC[C@H](NC(=O)COCCOCCNC(=O)COCCOCCNC(=O)CCCCCCCCCCCCCCCCCCC(=O)O)C(=O)O. The Labute approximate surface area is 317 Å². The van der Waals surface area contributed by atoms with E-state index in [0.717, 1.165) is 32.1 Å². The van der Waals surface area contributed by atoms with Crippen LogP contribution in [0.5, 0.6) is 0 Å². The Morgan fingerprint density at radius 3 is 1.32 bits per heavy atom. The van der Waals surface area contributed by atoms with Crippen molar-refractivity contribution < 1.29 is 58.2 Å². The second-order valence-electron chi connectivity index (χ2n) is 13.5. The maximum atomic E-state index is 12.0. The van der Waals surface area contributed by atoms with E-state index < -0.39 is 30.0 Å². The van der Waals surface area contributed by atoms with Gasteiger partial charge in [-0.25, -0.2) is 4.79 Å². The zero-order valence-corrected chi connectivity index (χ0v) is 32.4. The molecule has 0 aromatic rings. The molecule has 15 heteroatoms. The number of carboxylic acid groups (broad SMARTS) is 2. The average molecular weight is 762 g/mol. The standard InChI is InChI=1S/C38H71N3O12/c1-32(42)20-21-33(38(48)49)41-36(45)31-53-29-27-51-25-23-40-35(44)30-52-28-26-50-24-22-39-34(43)18-16-14-12-10-8-6-4-2-3-5-7-9-11-13-15-17-19-37(46)47/h32-33,42H,2-31H2,1H3,(H,39,43)(H,40,44)(H,41,45)(H,46,47)(H,48,49)/t32?,33-/m0/s1. The predicted octanol–water partition coefficient (Wildman–Crippen LogP) is 4.12. The second-order valence-corrected chi connectivity index (χ2v) is 13.5. The number of aliphatic carboxylic acids is 2. The summed E-state index contributed by atoms with van der Waals surface area (Å²) in [6, 6.07) is -1.09. The highest BCUT2D eigenvalue weighted by molar-refractivity contribution is 5.84. The fourth-order valence-electron chi connectivity index (χ4n) is 5.37. The monoisotopic (exact) mass is 762 g/mol. The number of aliphatic hydroxyl groups is 1. The van der Waals surface area contributed by atoms with Gasteiger partial charge in [0, 0.05) is 25.9 Å². The van der Waals surface area contributed by atoms with Gasteiger partial charge in [-0.05, 0) is 32.6 Å². The minimum atomic E-state index is -1.18. The number of unbranched alkanes of at least 4 members (excludes halogenated alkanes) is 15. The average Bonchev–Trinajstić information content (AvgIpc) is 3.11. The van der Waals surface area contributed by atoms with Crippen molar-refractivity contribution in [3.8, 4) is 0 Å². The number of rotatable bonds is 40. The number of nitrogens with one attached hydrogen (secondary N) is 3. The molecule has 15 nitrogen and oxygen atoms in total. The summed E-state index contributed by atoms with van der Waals surface area (Å²) in [5.41, 5.74) is 0. The van der Waals surface area contributed by atoms with E-state index in [1.807, 2.05) is 0 Å². The van der Waals surface area contributed by atoms with Crippen molar-refractivity contribution in [3.63, 3.8) is 0 Å². The Bertz CT molecular complexity index is 938. The summed E-state index contributed by atoms with van der Waals surface area (Å²) in [5.74, 6) is -2.70. The number of ether oxygens (including phenoxy) is 4.